The molecule has 1 amide bonds. The smallest absolute Gasteiger partial charge is 0.253 e. The number of fused-ring (bicyclic) bond motifs is 1. The summed E-state index contributed by atoms with van der Waals surface area (Å²) in [4.78, 5) is 16.1. The van der Waals surface area contributed by atoms with E-state index in [0.717, 1.165) is 11.3 Å². The Hall–Kier alpha value is -2.80. The molecule has 2 heterocycles. The van der Waals surface area contributed by atoms with Gasteiger partial charge in [-0.3, -0.25) is 4.79 Å². The van der Waals surface area contributed by atoms with Crippen LogP contribution < -0.4 is 10.6 Å². The van der Waals surface area contributed by atoms with Crippen LogP contribution in [0.2, 0.25) is 0 Å². The van der Waals surface area contributed by atoms with Crippen LogP contribution in [0.25, 0.3) is 0 Å². The summed E-state index contributed by atoms with van der Waals surface area (Å²) in [5, 5.41) is 6.09. The largest absolute Gasteiger partial charge is 0.382 e. The van der Waals surface area contributed by atoms with Crippen LogP contribution in [-0.2, 0) is 0 Å². The number of para-hydroxylation sites is 1. The quantitative estimate of drug-likeness (QED) is 0.710. The molecule has 0 unspecified atom stereocenters. The van der Waals surface area contributed by atoms with Gasteiger partial charge < -0.3 is 10.6 Å². The average Bonchev–Trinajstić information content (AvgIpc) is 2.69. The van der Waals surface area contributed by atoms with Crippen LogP contribution in [0.4, 0.5) is 5.69 Å². The lowest BCUT2D eigenvalue weighted by Crippen LogP contribution is -2.24. The summed E-state index contributed by atoms with van der Waals surface area (Å²) in [5.74, 6) is 6.03. The minimum atomic E-state index is -0.0634. The number of nitrogens with zero attached hydrogens (tertiary/aromatic N) is 1. The molecule has 3 rings (SSSR count). The maximum absolute atomic E-state index is 11.9. The number of anilines is 1. The van der Waals surface area contributed by atoms with E-state index in [-0.39, 0.29) is 5.91 Å². The van der Waals surface area contributed by atoms with E-state index in [4.69, 9.17) is 0 Å². The number of benzene rings is 1. The molecule has 0 saturated heterocycles. The van der Waals surface area contributed by atoms with Gasteiger partial charge in [-0.2, -0.15) is 0 Å². The Labute approximate surface area is 117 Å². The lowest BCUT2D eigenvalue weighted by molar-refractivity contribution is 0.0958. The molecule has 1 aliphatic rings. The zero-order valence-electron chi connectivity index (χ0n) is 10.8. The second kappa shape index (κ2) is 5.45. The Morgan fingerprint density at radius 3 is 2.75 bits per heavy atom. The van der Waals surface area contributed by atoms with Crippen molar-refractivity contribution in [2.24, 2.45) is 0 Å². The lowest BCUT2D eigenvalue weighted by atomic mass is 10.1. The first kappa shape index (κ1) is 12.2. The van der Waals surface area contributed by atoms with Gasteiger partial charge in [-0.05, 0) is 30.2 Å². The highest BCUT2D eigenvalue weighted by Gasteiger charge is 2.16. The Bertz CT molecular complexity index is 699. The Balaban J connectivity index is 2.01. The van der Waals surface area contributed by atoms with E-state index in [1.165, 1.54) is 0 Å². The molecule has 1 aromatic carbocycles. The second-order valence-electron chi connectivity index (χ2n) is 4.38. The van der Waals surface area contributed by atoms with Crippen molar-refractivity contribution in [3.63, 3.8) is 0 Å². The van der Waals surface area contributed by atoms with Gasteiger partial charge in [0.1, 0.15) is 5.69 Å². The molecule has 1 aliphatic heterocycles. The molecular formula is C16H13N3O. The third kappa shape index (κ3) is 2.47. The number of rotatable bonds is 0. The van der Waals surface area contributed by atoms with E-state index in [0.29, 0.717) is 24.3 Å². The normalized spacial score (nSPS) is 13.1. The van der Waals surface area contributed by atoms with Crippen molar-refractivity contribution >= 4 is 11.6 Å². The van der Waals surface area contributed by atoms with Crippen molar-refractivity contribution in [2.75, 3.05) is 18.4 Å². The maximum atomic E-state index is 11.9. The van der Waals surface area contributed by atoms with E-state index in [1.807, 2.05) is 30.3 Å². The number of hydrogen-bond donors (Lipinski definition) is 2. The average molecular weight is 263 g/mol. The van der Waals surface area contributed by atoms with Gasteiger partial charge in [-0.25, -0.2) is 4.98 Å². The molecule has 4 nitrogen and oxygen atoms in total. The molecule has 20 heavy (non-hydrogen) atoms. The van der Waals surface area contributed by atoms with E-state index >= 15 is 0 Å². The summed E-state index contributed by atoms with van der Waals surface area (Å²) in [5.41, 5.74) is 2.95. The third-order valence-electron chi connectivity index (χ3n) is 3.01. The first-order valence-electron chi connectivity index (χ1n) is 6.43. The molecule has 2 N–H and O–H groups in total. The second-order valence-corrected chi connectivity index (χ2v) is 4.38. The molecule has 0 bridgehead atoms. The van der Waals surface area contributed by atoms with Gasteiger partial charge in [-0.1, -0.05) is 18.1 Å². The first-order chi connectivity index (χ1) is 9.84. The van der Waals surface area contributed by atoms with Crippen LogP contribution >= 0.6 is 0 Å². The minimum absolute atomic E-state index is 0.0634. The summed E-state index contributed by atoms with van der Waals surface area (Å²) in [6.45, 7) is 1.31. The van der Waals surface area contributed by atoms with Crippen molar-refractivity contribution in [1.82, 2.24) is 10.3 Å². The summed E-state index contributed by atoms with van der Waals surface area (Å²) in [7, 11) is 0. The summed E-state index contributed by atoms with van der Waals surface area (Å²) in [6, 6.07) is 11.2. The highest BCUT2D eigenvalue weighted by atomic mass is 16.1. The van der Waals surface area contributed by atoms with E-state index in [2.05, 4.69) is 27.5 Å². The van der Waals surface area contributed by atoms with Gasteiger partial charge in [0.2, 0.25) is 0 Å². The fourth-order valence-corrected chi connectivity index (χ4v) is 2.06. The minimum Gasteiger partial charge on any atom is -0.382 e. The molecule has 0 aliphatic carbocycles. The fourth-order valence-electron chi connectivity index (χ4n) is 2.06. The van der Waals surface area contributed by atoms with E-state index in [9.17, 15) is 4.79 Å². The number of nitrogens with one attached hydrogen (secondary N) is 2. The number of amides is 1. The third-order valence-corrected chi connectivity index (χ3v) is 3.01. The van der Waals surface area contributed by atoms with Crippen LogP contribution in [0, 0.1) is 11.8 Å². The highest BCUT2D eigenvalue weighted by molar-refractivity contribution is 6.01. The van der Waals surface area contributed by atoms with Crippen molar-refractivity contribution < 1.29 is 4.79 Å². The molecule has 0 atom stereocenters. The molecule has 0 saturated carbocycles. The monoisotopic (exact) mass is 263 g/mol. The molecule has 98 valence electrons. The number of pyridine rings is 1. The van der Waals surface area contributed by atoms with E-state index < -0.39 is 0 Å². The summed E-state index contributed by atoms with van der Waals surface area (Å²) >= 11 is 0. The maximum Gasteiger partial charge on any atom is 0.253 e. The van der Waals surface area contributed by atoms with Gasteiger partial charge in [0.25, 0.3) is 5.91 Å². The fraction of sp³-hybridized carbons (Fsp3) is 0.125. The Morgan fingerprint density at radius 1 is 1.00 bits per heavy atom. The zero-order valence-corrected chi connectivity index (χ0v) is 10.8. The Morgan fingerprint density at radius 2 is 1.90 bits per heavy atom. The Kier molecular flexibility index (Phi) is 3.34. The summed E-state index contributed by atoms with van der Waals surface area (Å²) in [6.07, 6.45) is 1.71. The van der Waals surface area contributed by atoms with Crippen molar-refractivity contribution in [3.05, 3.63) is 59.4 Å². The standard InChI is InChI=1S/C16H13N3O/c20-16-14-6-3-4-12(15(14)18-10-11-19-16)7-8-13-5-1-2-9-17-13/h1-6,9,18H,10-11H2,(H,19,20). The molecule has 0 spiro atoms. The van der Waals surface area contributed by atoms with Gasteiger partial charge in [0.15, 0.2) is 0 Å². The zero-order chi connectivity index (χ0) is 13.8. The van der Waals surface area contributed by atoms with Crippen LogP contribution in [0.3, 0.4) is 0 Å². The first-order valence-corrected chi connectivity index (χ1v) is 6.43. The lowest BCUT2D eigenvalue weighted by Gasteiger charge is -2.07. The van der Waals surface area contributed by atoms with Crippen molar-refractivity contribution in [2.45, 2.75) is 0 Å². The van der Waals surface area contributed by atoms with Gasteiger partial charge in [-0.15, -0.1) is 0 Å². The van der Waals surface area contributed by atoms with Crippen molar-refractivity contribution in [3.8, 4) is 11.8 Å². The number of hydrogen-bond acceptors (Lipinski definition) is 3. The van der Waals surface area contributed by atoms with Gasteiger partial charge >= 0.3 is 0 Å². The van der Waals surface area contributed by atoms with E-state index in [1.54, 1.807) is 12.3 Å². The number of aromatic nitrogens is 1. The molecule has 2 aromatic rings. The molecule has 4 heteroatoms. The van der Waals surface area contributed by atoms with Crippen LogP contribution in [0.1, 0.15) is 21.6 Å². The molecular weight excluding hydrogens is 250 g/mol. The molecule has 1 aromatic heterocycles. The van der Waals surface area contributed by atoms with Crippen molar-refractivity contribution in [1.29, 1.82) is 0 Å². The molecule has 0 fully saturated rings. The summed E-state index contributed by atoms with van der Waals surface area (Å²) < 4.78 is 0. The van der Waals surface area contributed by atoms with Gasteiger partial charge in [0, 0.05) is 24.8 Å². The number of carbonyl (C=O) groups is 1. The predicted octanol–water partition coefficient (Wildman–Crippen LogP) is 1.64. The van der Waals surface area contributed by atoms with Crippen LogP contribution in [-0.4, -0.2) is 24.0 Å². The van der Waals surface area contributed by atoms with Gasteiger partial charge in [0.05, 0.1) is 11.3 Å². The van der Waals surface area contributed by atoms with Crippen LogP contribution in [0.5, 0.6) is 0 Å². The van der Waals surface area contributed by atoms with Crippen LogP contribution in [0.15, 0.2) is 42.6 Å². The molecule has 0 radical (unpaired) electrons. The topological polar surface area (TPSA) is 54.0 Å². The SMILES string of the molecule is O=C1NCCNc2c(C#Cc3ccccn3)cccc21. The predicted molar refractivity (Wildman–Crippen MR) is 77.5 cm³/mol. The highest BCUT2D eigenvalue weighted by Crippen LogP contribution is 2.21. The number of carbonyl (C=O) groups excluding carboxylic acids is 1.